The van der Waals surface area contributed by atoms with Crippen molar-refractivity contribution in [2.24, 2.45) is 0 Å². The molecule has 0 radical (unpaired) electrons. The van der Waals surface area contributed by atoms with Crippen LogP contribution in [0.5, 0.6) is 5.75 Å². The van der Waals surface area contributed by atoms with Gasteiger partial charge in [0.1, 0.15) is 5.75 Å². The number of piperidine rings is 1. The Kier molecular flexibility index (Phi) is 4.43. The number of hydrogen-bond donors (Lipinski definition) is 1. The van der Waals surface area contributed by atoms with Crippen LogP contribution in [0, 0.1) is 13.8 Å². The quantitative estimate of drug-likeness (QED) is 0.862. The van der Waals surface area contributed by atoms with Gasteiger partial charge >= 0.3 is 0 Å². The largest absolute Gasteiger partial charge is 0.493 e. The van der Waals surface area contributed by atoms with E-state index in [1.54, 1.807) is 0 Å². The Morgan fingerprint density at radius 2 is 2.00 bits per heavy atom. The highest BCUT2D eigenvalue weighted by Crippen LogP contribution is 2.22. The topological polar surface area (TPSA) is 21.3 Å². The molecule has 2 heteroatoms. The highest BCUT2D eigenvalue weighted by Gasteiger charge is 2.12. The standard InChI is InChI=1S/C15H23NO/c1-12-6-5-7-13(2)15(12)17-11-9-14-8-3-4-10-16-14/h5-7,14,16H,3-4,8-11H2,1-2H3/t14-/m0/s1. The Morgan fingerprint density at radius 1 is 1.24 bits per heavy atom. The minimum absolute atomic E-state index is 0.660. The van der Waals surface area contributed by atoms with E-state index in [4.69, 9.17) is 4.74 Å². The second-order valence-electron chi connectivity index (χ2n) is 5.00. The molecule has 0 amide bonds. The van der Waals surface area contributed by atoms with Gasteiger partial charge in [-0.15, -0.1) is 0 Å². The van der Waals surface area contributed by atoms with Crippen molar-refractivity contribution in [3.63, 3.8) is 0 Å². The summed E-state index contributed by atoms with van der Waals surface area (Å²) in [7, 11) is 0. The maximum Gasteiger partial charge on any atom is 0.125 e. The molecule has 1 heterocycles. The number of hydrogen-bond acceptors (Lipinski definition) is 2. The first-order valence-corrected chi connectivity index (χ1v) is 6.70. The van der Waals surface area contributed by atoms with Gasteiger partial charge in [-0.25, -0.2) is 0 Å². The number of nitrogens with one attached hydrogen (secondary N) is 1. The SMILES string of the molecule is Cc1cccc(C)c1OCC[C@@H]1CCCCN1. The number of rotatable bonds is 4. The van der Waals surface area contributed by atoms with E-state index in [-0.39, 0.29) is 0 Å². The van der Waals surface area contributed by atoms with Gasteiger partial charge in [-0.3, -0.25) is 0 Å². The number of benzene rings is 1. The van der Waals surface area contributed by atoms with Gasteiger partial charge in [0.05, 0.1) is 6.61 Å². The van der Waals surface area contributed by atoms with Gasteiger partial charge in [-0.05, 0) is 50.8 Å². The Balaban J connectivity index is 1.81. The van der Waals surface area contributed by atoms with E-state index in [9.17, 15) is 0 Å². The van der Waals surface area contributed by atoms with Crippen molar-refractivity contribution < 1.29 is 4.74 Å². The first kappa shape index (κ1) is 12.4. The zero-order valence-corrected chi connectivity index (χ0v) is 11.0. The molecule has 0 spiro atoms. The minimum atomic E-state index is 0.660. The highest BCUT2D eigenvalue weighted by molar-refractivity contribution is 5.39. The number of para-hydroxylation sites is 1. The first-order valence-electron chi connectivity index (χ1n) is 6.70. The number of aryl methyl sites for hydroxylation is 2. The molecule has 2 nitrogen and oxygen atoms in total. The third kappa shape index (κ3) is 3.47. The van der Waals surface area contributed by atoms with Gasteiger partial charge in [-0.1, -0.05) is 24.6 Å². The van der Waals surface area contributed by atoms with Crippen molar-refractivity contribution >= 4 is 0 Å². The predicted octanol–water partition coefficient (Wildman–Crippen LogP) is 3.21. The van der Waals surface area contributed by atoms with Crippen LogP contribution in [0.2, 0.25) is 0 Å². The Morgan fingerprint density at radius 3 is 2.65 bits per heavy atom. The lowest BCUT2D eigenvalue weighted by molar-refractivity contribution is 0.265. The molecule has 1 atom stereocenters. The van der Waals surface area contributed by atoms with Crippen LogP contribution in [-0.4, -0.2) is 19.2 Å². The summed E-state index contributed by atoms with van der Waals surface area (Å²) in [4.78, 5) is 0. The monoisotopic (exact) mass is 233 g/mol. The molecule has 0 unspecified atom stereocenters. The molecule has 0 saturated carbocycles. The van der Waals surface area contributed by atoms with E-state index in [1.807, 2.05) is 0 Å². The normalized spacial score (nSPS) is 20.2. The van der Waals surface area contributed by atoms with Crippen molar-refractivity contribution in [3.8, 4) is 5.75 Å². The van der Waals surface area contributed by atoms with E-state index in [2.05, 4.69) is 37.4 Å². The fourth-order valence-electron chi connectivity index (χ4n) is 2.50. The summed E-state index contributed by atoms with van der Waals surface area (Å²) in [6.07, 6.45) is 5.11. The molecule has 0 aromatic heterocycles. The van der Waals surface area contributed by atoms with E-state index in [0.29, 0.717) is 6.04 Å². The van der Waals surface area contributed by atoms with Crippen LogP contribution in [0.25, 0.3) is 0 Å². The zero-order valence-electron chi connectivity index (χ0n) is 11.0. The van der Waals surface area contributed by atoms with Crippen LogP contribution < -0.4 is 10.1 Å². The van der Waals surface area contributed by atoms with Crippen LogP contribution in [0.4, 0.5) is 0 Å². The summed E-state index contributed by atoms with van der Waals surface area (Å²) in [6.45, 7) is 6.22. The van der Waals surface area contributed by atoms with Gasteiger partial charge in [0.15, 0.2) is 0 Å². The fourth-order valence-corrected chi connectivity index (χ4v) is 2.50. The third-order valence-electron chi connectivity index (χ3n) is 3.53. The zero-order chi connectivity index (χ0) is 12.1. The molecule has 1 aromatic carbocycles. The summed E-state index contributed by atoms with van der Waals surface area (Å²) in [5.41, 5.74) is 2.48. The minimum Gasteiger partial charge on any atom is -0.493 e. The van der Waals surface area contributed by atoms with Crippen molar-refractivity contribution in [1.82, 2.24) is 5.32 Å². The molecule has 1 aromatic rings. The van der Waals surface area contributed by atoms with Crippen LogP contribution >= 0.6 is 0 Å². The molecule has 0 bridgehead atoms. The van der Waals surface area contributed by atoms with Crippen LogP contribution in [-0.2, 0) is 0 Å². The van der Waals surface area contributed by atoms with Gasteiger partial charge < -0.3 is 10.1 Å². The molecule has 0 aliphatic carbocycles. The lowest BCUT2D eigenvalue weighted by Gasteiger charge is -2.23. The molecule has 1 aliphatic heterocycles. The van der Waals surface area contributed by atoms with Crippen molar-refractivity contribution in [2.45, 2.75) is 45.6 Å². The van der Waals surface area contributed by atoms with Crippen LogP contribution in [0.3, 0.4) is 0 Å². The van der Waals surface area contributed by atoms with E-state index < -0.39 is 0 Å². The maximum atomic E-state index is 5.93. The van der Waals surface area contributed by atoms with E-state index >= 15 is 0 Å². The molecular formula is C15H23NO. The number of ether oxygens (including phenoxy) is 1. The molecule has 1 saturated heterocycles. The molecule has 1 aliphatic rings. The van der Waals surface area contributed by atoms with Gasteiger partial charge in [0.2, 0.25) is 0 Å². The van der Waals surface area contributed by atoms with Crippen molar-refractivity contribution in [3.05, 3.63) is 29.3 Å². The fraction of sp³-hybridized carbons (Fsp3) is 0.600. The Labute approximate surface area is 104 Å². The Hall–Kier alpha value is -1.02. The van der Waals surface area contributed by atoms with Gasteiger partial charge in [0.25, 0.3) is 0 Å². The second-order valence-corrected chi connectivity index (χ2v) is 5.00. The van der Waals surface area contributed by atoms with Crippen molar-refractivity contribution in [1.29, 1.82) is 0 Å². The molecule has 1 N–H and O–H groups in total. The molecule has 17 heavy (non-hydrogen) atoms. The molecular weight excluding hydrogens is 210 g/mol. The summed E-state index contributed by atoms with van der Waals surface area (Å²) >= 11 is 0. The molecule has 2 rings (SSSR count). The van der Waals surface area contributed by atoms with Crippen LogP contribution in [0.15, 0.2) is 18.2 Å². The maximum absolute atomic E-state index is 5.93. The van der Waals surface area contributed by atoms with Crippen LogP contribution in [0.1, 0.15) is 36.8 Å². The van der Waals surface area contributed by atoms with E-state index in [1.165, 1.54) is 36.9 Å². The predicted molar refractivity (Wildman–Crippen MR) is 71.7 cm³/mol. The summed E-state index contributed by atoms with van der Waals surface area (Å²) in [5.74, 6) is 1.07. The Bertz CT molecular complexity index is 336. The smallest absolute Gasteiger partial charge is 0.125 e. The first-order chi connectivity index (χ1) is 8.27. The summed E-state index contributed by atoms with van der Waals surface area (Å²) < 4.78 is 5.93. The third-order valence-corrected chi connectivity index (χ3v) is 3.53. The van der Waals surface area contributed by atoms with Gasteiger partial charge in [0, 0.05) is 6.04 Å². The summed E-state index contributed by atoms with van der Waals surface area (Å²) in [6, 6.07) is 6.97. The summed E-state index contributed by atoms with van der Waals surface area (Å²) in [5, 5.41) is 3.55. The molecule has 1 fully saturated rings. The lowest BCUT2D eigenvalue weighted by atomic mass is 10.0. The van der Waals surface area contributed by atoms with Gasteiger partial charge in [-0.2, -0.15) is 0 Å². The lowest BCUT2D eigenvalue weighted by Crippen LogP contribution is -2.35. The average Bonchev–Trinajstić information content (AvgIpc) is 2.34. The average molecular weight is 233 g/mol. The van der Waals surface area contributed by atoms with Crippen molar-refractivity contribution in [2.75, 3.05) is 13.2 Å². The van der Waals surface area contributed by atoms with E-state index in [0.717, 1.165) is 18.8 Å². The molecule has 94 valence electrons. The highest BCUT2D eigenvalue weighted by atomic mass is 16.5. The second kappa shape index (κ2) is 6.06.